The summed E-state index contributed by atoms with van der Waals surface area (Å²) in [6.45, 7) is 1.98. The van der Waals surface area contributed by atoms with Crippen LogP contribution in [-0.4, -0.2) is 27.4 Å². The van der Waals surface area contributed by atoms with Gasteiger partial charge in [-0.3, -0.25) is 9.59 Å². The minimum absolute atomic E-state index is 0.189. The minimum atomic E-state index is -1.66. The molecule has 2 rings (SSSR count). The van der Waals surface area contributed by atoms with Crippen LogP contribution in [0.1, 0.15) is 12.6 Å². The largest absolute Gasteiger partial charge is 0.323 e. The summed E-state index contributed by atoms with van der Waals surface area (Å²) in [5, 5.41) is 2.40. The lowest BCUT2D eigenvalue weighted by Gasteiger charge is -2.07. The Morgan fingerprint density at radius 2 is 2.04 bits per heavy atom. The van der Waals surface area contributed by atoms with Crippen molar-refractivity contribution in [2.24, 2.45) is 0 Å². The molecule has 0 saturated heterocycles. The van der Waals surface area contributed by atoms with Gasteiger partial charge in [0, 0.05) is 11.8 Å². The monoisotopic (exact) mass is 389 g/mol. The Kier molecular flexibility index (Phi) is 6.94. The fourth-order valence-electron chi connectivity index (χ4n) is 1.78. The van der Waals surface area contributed by atoms with Gasteiger partial charge in [-0.25, -0.2) is 18.2 Å². The topological polar surface area (TPSA) is 74.8 Å². The van der Waals surface area contributed by atoms with E-state index in [1.54, 1.807) is 11.8 Å². The van der Waals surface area contributed by atoms with E-state index in [0.717, 1.165) is 29.6 Å². The van der Waals surface area contributed by atoms with E-state index in [1.807, 2.05) is 6.92 Å². The van der Waals surface area contributed by atoms with Gasteiger partial charge in [-0.15, -0.1) is 0 Å². The predicted octanol–water partition coefficient (Wildman–Crippen LogP) is 3.17. The summed E-state index contributed by atoms with van der Waals surface area (Å²) in [6, 6.07) is 3.03. The highest BCUT2D eigenvalue weighted by molar-refractivity contribution is 7.99. The molecule has 5 nitrogen and oxygen atoms in total. The number of thioether (sulfide) groups is 2. The van der Waals surface area contributed by atoms with E-state index >= 15 is 0 Å². The van der Waals surface area contributed by atoms with Gasteiger partial charge in [0.1, 0.15) is 0 Å². The van der Waals surface area contributed by atoms with Crippen LogP contribution in [0.3, 0.4) is 0 Å². The number of carbonyl (C=O) groups is 1. The molecule has 10 heteroatoms. The first-order chi connectivity index (χ1) is 11.9. The van der Waals surface area contributed by atoms with Crippen LogP contribution in [-0.2, 0) is 10.5 Å². The zero-order valence-corrected chi connectivity index (χ0v) is 14.7. The molecule has 0 atom stereocenters. The van der Waals surface area contributed by atoms with E-state index in [1.165, 1.54) is 6.07 Å². The van der Waals surface area contributed by atoms with Crippen LogP contribution in [0.4, 0.5) is 18.9 Å². The molecule has 1 heterocycles. The van der Waals surface area contributed by atoms with Crippen molar-refractivity contribution in [2.75, 3.05) is 16.8 Å². The molecule has 0 unspecified atom stereocenters. The molecular formula is C15H14F3N3O2S2. The van der Waals surface area contributed by atoms with Crippen molar-refractivity contribution in [1.29, 1.82) is 0 Å². The third kappa shape index (κ3) is 5.53. The fraction of sp³-hybridized carbons (Fsp3) is 0.267. The Morgan fingerprint density at radius 3 is 2.76 bits per heavy atom. The SMILES string of the molecule is CCSCc1cc(=O)[nH]c(SCC(=O)Nc2ccc(F)c(F)c2F)n1. The summed E-state index contributed by atoms with van der Waals surface area (Å²) in [6.07, 6.45) is 0. The number of hydrogen-bond acceptors (Lipinski definition) is 5. The lowest BCUT2D eigenvalue weighted by Crippen LogP contribution is -2.17. The summed E-state index contributed by atoms with van der Waals surface area (Å²) >= 11 is 2.54. The van der Waals surface area contributed by atoms with Crippen molar-refractivity contribution in [1.82, 2.24) is 9.97 Å². The first kappa shape index (κ1) is 19.4. The second kappa shape index (κ2) is 8.95. The molecule has 0 spiro atoms. The van der Waals surface area contributed by atoms with E-state index in [-0.39, 0.29) is 16.5 Å². The third-order valence-electron chi connectivity index (χ3n) is 2.88. The molecule has 2 N–H and O–H groups in total. The van der Waals surface area contributed by atoms with Crippen LogP contribution in [0.5, 0.6) is 0 Å². The number of carbonyl (C=O) groups excluding carboxylic acids is 1. The number of rotatable bonds is 7. The smallest absolute Gasteiger partial charge is 0.251 e. The predicted molar refractivity (Wildman–Crippen MR) is 92.4 cm³/mol. The number of amides is 1. The number of hydrogen-bond donors (Lipinski definition) is 2. The number of halogens is 3. The zero-order valence-electron chi connectivity index (χ0n) is 13.1. The van der Waals surface area contributed by atoms with Crippen molar-refractivity contribution in [3.8, 4) is 0 Å². The fourth-order valence-corrected chi connectivity index (χ4v) is 3.03. The van der Waals surface area contributed by atoms with Crippen molar-refractivity contribution in [3.63, 3.8) is 0 Å². The van der Waals surface area contributed by atoms with Crippen LogP contribution >= 0.6 is 23.5 Å². The quantitative estimate of drug-likeness (QED) is 0.432. The van der Waals surface area contributed by atoms with Gasteiger partial charge in [-0.2, -0.15) is 11.8 Å². The Bertz CT molecular complexity index is 830. The third-order valence-corrected chi connectivity index (χ3v) is 4.66. The average Bonchev–Trinajstić information content (AvgIpc) is 2.58. The number of benzene rings is 1. The lowest BCUT2D eigenvalue weighted by molar-refractivity contribution is -0.113. The second-order valence-corrected chi connectivity index (χ2v) is 6.98. The van der Waals surface area contributed by atoms with E-state index in [4.69, 9.17) is 0 Å². The molecule has 25 heavy (non-hydrogen) atoms. The van der Waals surface area contributed by atoms with Gasteiger partial charge in [-0.1, -0.05) is 18.7 Å². The minimum Gasteiger partial charge on any atom is -0.323 e. The Balaban J connectivity index is 1.99. The number of nitrogens with zero attached hydrogens (tertiary/aromatic N) is 1. The standard InChI is InChI=1S/C15H14F3N3O2S2/c1-2-24-6-8-5-11(22)21-15(19-8)25-7-12(23)20-10-4-3-9(16)13(17)14(10)18/h3-5H,2,6-7H2,1H3,(H,20,23)(H,19,21,22). The zero-order chi connectivity index (χ0) is 18.4. The Morgan fingerprint density at radius 1 is 1.28 bits per heavy atom. The van der Waals surface area contributed by atoms with Gasteiger partial charge < -0.3 is 10.3 Å². The maximum Gasteiger partial charge on any atom is 0.251 e. The molecule has 2 aromatic rings. The van der Waals surface area contributed by atoms with Crippen molar-refractivity contribution < 1.29 is 18.0 Å². The Labute approximate surface area is 149 Å². The van der Waals surface area contributed by atoms with Crippen molar-refractivity contribution in [3.05, 3.63) is 51.7 Å². The highest BCUT2D eigenvalue weighted by Gasteiger charge is 2.15. The number of H-pyrrole nitrogens is 1. The van der Waals surface area contributed by atoms with Gasteiger partial charge in [0.25, 0.3) is 5.56 Å². The summed E-state index contributed by atoms with van der Waals surface area (Å²) in [5.41, 5.74) is -0.208. The van der Waals surface area contributed by atoms with Crippen LogP contribution in [0, 0.1) is 17.5 Å². The summed E-state index contributed by atoms with van der Waals surface area (Å²) in [5.74, 6) is -3.86. The molecule has 134 valence electrons. The van der Waals surface area contributed by atoms with E-state index in [2.05, 4.69) is 15.3 Å². The van der Waals surface area contributed by atoms with Gasteiger partial charge in [0.2, 0.25) is 5.91 Å². The van der Waals surface area contributed by atoms with Crippen LogP contribution < -0.4 is 10.9 Å². The van der Waals surface area contributed by atoms with Gasteiger partial charge >= 0.3 is 0 Å². The van der Waals surface area contributed by atoms with Crippen LogP contribution in [0.25, 0.3) is 0 Å². The van der Waals surface area contributed by atoms with Gasteiger partial charge in [0.15, 0.2) is 22.6 Å². The van der Waals surface area contributed by atoms with E-state index < -0.39 is 29.0 Å². The maximum atomic E-state index is 13.5. The molecule has 1 aromatic carbocycles. The molecule has 0 aliphatic rings. The van der Waals surface area contributed by atoms with E-state index in [0.29, 0.717) is 11.4 Å². The van der Waals surface area contributed by atoms with Crippen molar-refractivity contribution >= 4 is 35.1 Å². The molecule has 0 fully saturated rings. The molecular weight excluding hydrogens is 375 g/mol. The first-order valence-electron chi connectivity index (χ1n) is 7.14. The number of anilines is 1. The highest BCUT2D eigenvalue weighted by Crippen LogP contribution is 2.20. The van der Waals surface area contributed by atoms with Crippen LogP contribution in [0.2, 0.25) is 0 Å². The molecule has 0 aliphatic carbocycles. The normalized spacial score (nSPS) is 10.7. The molecule has 0 saturated carbocycles. The van der Waals surface area contributed by atoms with Gasteiger partial charge in [-0.05, 0) is 17.9 Å². The summed E-state index contributed by atoms with van der Waals surface area (Å²) < 4.78 is 39.5. The molecule has 0 aliphatic heterocycles. The van der Waals surface area contributed by atoms with Crippen molar-refractivity contribution in [2.45, 2.75) is 17.8 Å². The summed E-state index contributed by atoms with van der Waals surface area (Å²) in [7, 11) is 0. The Hall–Kier alpha value is -1.94. The summed E-state index contributed by atoms with van der Waals surface area (Å²) in [4.78, 5) is 30.1. The molecule has 1 aromatic heterocycles. The number of aromatic nitrogens is 2. The second-order valence-electron chi connectivity index (χ2n) is 4.74. The van der Waals surface area contributed by atoms with Crippen LogP contribution in [0.15, 0.2) is 28.2 Å². The lowest BCUT2D eigenvalue weighted by atomic mass is 10.3. The molecule has 1 amide bonds. The highest BCUT2D eigenvalue weighted by atomic mass is 32.2. The number of aromatic amines is 1. The molecule has 0 bridgehead atoms. The van der Waals surface area contributed by atoms with Gasteiger partial charge in [0.05, 0.1) is 17.1 Å². The average molecular weight is 389 g/mol. The first-order valence-corrected chi connectivity index (χ1v) is 9.29. The van der Waals surface area contributed by atoms with E-state index in [9.17, 15) is 22.8 Å². The molecule has 0 radical (unpaired) electrons. The maximum absolute atomic E-state index is 13.5. The number of nitrogens with one attached hydrogen (secondary N) is 2.